The fourth-order valence-corrected chi connectivity index (χ4v) is 2.12. The van der Waals surface area contributed by atoms with Gasteiger partial charge in [-0.15, -0.1) is 12.8 Å². The molecule has 0 aromatic heterocycles. The quantitative estimate of drug-likeness (QED) is 0.160. The first-order valence-electron chi connectivity index (χ1n) is 10.2. The Balaban J connectivity index is -0.000000855. The molecule has 1 amide bonds. The van der Waals surface area contributed by atoms with Gasteiger partial charge in [0.25, 0.3) is 0 Å². The predicted octanol–water partition coefficient (Wildman–Crippen LogP) is 5.82. The highest BCUT2D eigenvalue weighted by atomic mass is 16.2. The number of anilines is 1. The van der Waals surface area contributed by atoms with Crippen LogP contribution < -0.4 is 16.1 Å². The molecule has 0 fully saturated rings. The molecule has 0 spiro atoms. The topological polar surface area (TPSA) is 91.0 Å². The third-order valence-electron chi connectivity index (χ3n) is 3.58. The molecule has 0 aliphatic carbocycles. The van der Waals surface area contributed by atoms with Gasteiger partial charge >= 0.3 is 0 Å². The molecule has 0 bridgehead atoms. The van der Waals surface area contributed by atoms with Crippen LogP contribution in [-0.2, 0) is 4.79 Å². The highest BCUT2D eigenvalue weighted by Gasteiger charge is 2.13. The fourth-order valence-electron chi connectivity index (χ4n) is 2.12. The van der Waals surface area contributed by atoms with Crippen LogP contribution in [0.3, 0.4) is 0 Å². The third kappa shape index (κ3) is 14.2. The van der Waals surface area contributed by atoms with Crippen LogP contribution >= 0.6 is 0 Å². The number of nitrogens with one attached hydrogen (secondary N) is 1. The molecule has 0 atom stereocenters. The number of allylic oxidation sites excluding steroid dienone is 4. The number of terminal acetylenes is 1. The van der Waals surface area contributed by atoms with Crippen molar-refractivity contribution in [3.05, 3.63) is 65.8 Å². The van der Waals surface area contributed by atoms with E-state index in [1.807, 2.05) is 58.0 Å². The molecule has 4 N–H and O–H groups in total. The van der Waals surface area contributed by atoms with Crippen molar-refractivity contribution in [3.8, 4) is 12.8 Å². The summed E-state index contributed by atoms with van der Waals surface area (Å²) >= 11 is 0. The summed E-state index contributed by atoms with van der Waals surface area (Å²) in [5, 5.41) is 16.6. The number of aliphatic hydroxyl groups excluding tert-OH is 1. The molecule has 0 aliphatic rings. The Labute approximate surface area is 189 Å². The fraction of sp³-hybridized carbons (Fsp3) is 0.360. The lowest BCUT2D eigenvalue weighted by Crippen LogP contribution is -2.23. The number of benzene rings is 1. The minimum Gasteiger partial charge on any atom is -0.516 e. The van der Waals surface area contributed by atoms with Crippen LogP contribution in [0.25, 0.3) is 0 Å². The van der Waals surface area contributed by atoms with E-state index in [-0.39, 0.29) is 0 Å². The number of nitrogens with zero attached hydrogens (tertiary/aromatic N) is 2. The predicted molar refractivity (Wildman–Crippen MR) is 136 cm³/mol. The average molecular weight is 429 g/mol. The van der Waals surface area contributed by atoms with E-state index in [9.17, 15) is 4.79 Å². The molecule has 1 rings (SSSR count). The Morgan fingerprint density at radius 3 is 2.16 bits per heavy atom. The molecular weight excluding hydrogens is 388 g/mol. The lowest BCUT2D eigenvalue weighted by molar-refractivity contribution is -0.108. The molecule has 0 unspecified atom stereocenters. The number of amides is 1. The number of rotatable bonds is 8. The Morgan fingerprint density at radius 1 is 1.19 bits per heavy atom. The number of carbonyl (C=O) groups is 1. The van der Waals surface area contributed by atoms with Crippen molar-refractivity contribution < 1.29 is 9.90 Å². The van der Waals surface area contributed by atoms with Crippen LogP contribution in [0, 0.1) is 12.8 Å². The molecular formula is C25H40N4O2. The minimum atomic E-state index is 0.358. The van der Waals surface area contributed by atoms with E-state index in [0.29, 0.717) is 24.6 Å². The van der Waals surface area contributed by atoms with Crippen molar-refractivity contribution in [3.63, 3.8) is 0 Å². The number of hydrogen-bond donors (Lipinski definition) is 3. The summed E-state index contributed by atoms with van der Waals surface area (Å²) in [5.41, 5.74) is 9.04. The van der Waals surface area contributed by atoms with Gasteiger partial charge in [0.05, 0.1) is 11.9 Å². The zero-order chi connectivity index (χ0) is 24.7. The van der Waals surface area contributed by atoms with Gasteiger partial charge < -0.3 is 16.2 Å². The molecule has 0 radical (unpaired) electrons. The second-order valence-electron chi connectivity index (χ2n) is 5.80. The lowest BCUT2D eigenvalue weighted by Gasteiger charge is -2.23. The number of aliphatic hydroxyl groups is 1. The Hall–Kier alpha value is -3.46. The van der Waals surface area contributed by atoms with Crippen LogP contribution in [0.1, 0.15) is 66.4 Å². The highest BCUT2D eigenvalue weighted by Crippen LogP contribution is 2.29. The molecule has 172 valence electrons. The molecule has 31 heavy (non-hydrogen) atoms. The van der Waals surface area contributed by atoms with Crippen LogP contribution in [0.5, 0.6) is 0 Å². The summed E-state index contributed by atoms with van der Waals surface area (Å²) in [4.78, 5) is 10.5. The maximum atomic E-state index is 10.5. The van der Waals surface area contributed by atoms with Gasteiger partial charge in [0.2, 0.25) is 6.41 Å². The molecule has 0 saturated carbocycles. The van der Waals surface area contributed by atoms with Crippen LogP contribution in [0.2, 0.25) is 0 Å². The van der Waals surface area contributed by atoms with Crippen molar-refractivity contribution in [2.24, 2.45) is 10.8 Å². The lowest BCUT2D eigenvalue weighted by atomic mass is 10.0. The van der Waals surface area contributed by atoms with Gasteiger partial charge in [-0.2, -0.15) is 5.10 Å². The zero-order valence-corrected chi connectivity index (χ0v) is 20.0. The first kappa shape index (κ1) is 32.2. The molecule has 6 heteroatoms. The van der Waals surface area contributed by atoms with Gasteiger partial charge in [0.1, 0.15) is 5.82 Å². The normalized spacial score (nSPS) is 10.9. The minimum absolute atomic E-state index is 0.358. The first-order chi connectivity index (χ1) is 15.0. The second-order valence-corrected chi connectivity index (χ2v) is 5.80. The van der Waals surface area contributed by atoms with E-state index in [4.69, 9.17) is 10.8 Å². The van der Waals surface area contributed by atoms with Gasteiger partial charge in [-0.3, -0.25) is 4.79 Å². The zero-order valence-electron chi connectivity index (χ0n) is 20.0. The average Bonchev–Trinajstić information content (AvgIpc) is 2.83. The molecule has 0 heterocycles. The third-order valence-corrected chi connectivity index (χ3v) is 3.58. The summed E-state index contributed by atoms with van der Waals surface area (Å²) in [6.07, 6.45) is 17.1. The van der Waals surface area contributed by atoms with Crippen LogP contribution in [0.4, 0.5) is 5.69 Å². The SMILES string of the molecule is C#C.C/C=C(\C/C=N/N(/C(N)=C/C)c1ccccc1C(C)C)NC=O.C/C=C/O.CC. The molecule has 0 aliphatic heterocycles. The maximum absolute atomic E-state index is 10.5. The second kappa shape index (κ2) is 22.8. The summed E-state index contributed by atoms with van der Waals surface area (Å²) in [6.45, 7) is 13.8. The van der Waals surface area contributed by atoms with Crippen molar-refractivity contribution in [1.29, 1.82) is 0 Å². The van der Waals surface area contributed by atoms with Gasteiger partial charge in [-0.05, 0) is 44.4 Å². The van der Waals surface area contributed by atoms with Crippen molar-refractivity contribution in [1.82, 2.24) is 5.32 Å². The van der Waals surface area contributed by atoms with Crippen LogP contribution in [-0.4, -0.2) is 17.7 Å². The van der Waals surface area contributed by atoms with Gasteiger partial charge in [0.15, 0.2) is 0 Å². The number of hydrazone groups is 1. The molecule has 1 aromatic rings. The van der Waals surface area contributed by atoms with E-state index >= 15 is 0 Å². The number of nitrogens with two attached hydrogens (primary N) is 1. The maximum Gasteiger partial charge on any atom is 0.211 e. The van der Waals surface area contributed by atoms with Crippen molar-refractivity contribution >= 4 is 18.3 Å². The smallest absolute Gasteiger partial charge is 0.211 e. The Kier molecular flexibility index (Phi) is 23.7. The van der Waals surface area contributed by atoms with Crippen molar-refractivity contribution in [2.75, 3.05) is 5.01 Å². The standard InChI is InChI=1S/C18H26N4O.C3H6O.C2H6.C2H2/c1-5-15(20-13-23)11-12-21-22(18(19)6-2)17-10-8-7-9-16(17)14(3)4;1-2-3-4;2*1-2/h5-10,12-14H,11,19H2,1-4H3,(H,20,23);2-4H,1H3;1-2H3;1-2H/b15-5+,18-6+,21-12+;3-2+;;. The van der Waals surface area contributed by atoms with E-state index in [1.165, 1.54) is 5.56 Å². The summed E-state index contributed by atoms with van der Waals surface area (Å²) in [6, 6.07) is 8.07. The molecule has 6 nitrogen and oxygen atoms in total. The van der Waals surface area contributed by atoms with E-state index < -0.39 is 0 Å². The van der Waals surface area contributed by atoms with Gasteiger partial charge in [0, 0.05) is 18.3 Å². The molecule has 0 saturated heterocycles. The van der Waals surface area contributed by atoms with Gasteiger partial charge in [-0.1, -0.05) is 58.0 Å². The largest absolute Gasteiger partial charge is 0.516 e. The Bertz CT molecular complexity index is 713. The van der Waals surface area contributed by atoms with Gasteiger partial charge in [-0.25, -0.2) is 5.01 Å². The summed E-state index contributed by atoms with van der Waals surface area (Å²) in [5.74, 6) is 0.913. The first-order valence-corrected chi connectivity index (χ1v) is 10.2. The summed E-state index contributed by atoms with van der Waals surface area (Å²) in [7, 11) is 0. The Morgan fingerprint density at radius 2 is 1.74 bits per heavy atom. The number of para-hydroxylation sites is 1. The van der Waals surface area contributed by atoms with E-state index in [1.54, 1.807) is 24.2 Å². The monoisotopic (exact) mass is 428 g/mol. The molecule has 1 aromatic carbocycles. The summed E-state index contributed by atoms with van der Waals surface area (Å²) < 4.78 is 0. The van der Waals surface area contributed by atoms with E-state index in [2.05, 4.69) is 43.2 Å². The van der Waals surface area contributed by atoms with Crippen molar-refractivity contribution in [2.45, 2.75) is 60.8 Å². The van der Waals surface area contributed by atoms with E-state index in [0.717, 1.165) is 17.6 Å². The highest BCUT2D eigenvalue weighted by molar-refractivity contribution is 5.67. The number of carbonyl (C=O) groups excluding carboxylic acids is 1. The van der Waals surface area contributed by atoms with Crippen LogP contribution in [0.15, 0.2) is 65.4 Å². The number of hydrogen-bond acceptors (Lipinski definition) is 5.